The summed E-state index contributed by atoms with van der Waals surface area (Å²) in [5, 5.41) is 9.48. The average molecular weight is 284 g/mol. The van der Waals surface area contributed by atoms with Gasteiger partial charge in [-0.05, 0) is 29.7 Å². The molecule has 110 valence electrons. The smallest absolute Gasteiger partial charge is 0.305 e. The predicted molar refractivity (Wildman–Crippen MR) is 82.3 cm³/mol. The Kier molecular flexibility index (Phi) is 4.63. The summed E-state index contributed by atoms with van der Waals surface area (Å²) in [4.78, 5) is 11.5. The van der Waals surface area contributed by atoms with Gasteiger partial charge in [0, 0.05) is 11.8 Å². The Labute approximate surface area is 125 Å². The molecule has 0 spiro atoms. The molecule has 1 unspecified atom stereocenters. The van der Waals surface area contributed by atoms with Gasteiger partial charge >= 0.3 is 5.97 Å². The van der Waals surface area contributed by atoms with Gasteiger partial charge < -0.3 is 9.84 Å². The lowest BCUT2D eigenvalue weighted by molar-refractivity contribution is -0.140. The minimum Gasteiger partial charge on any atom is -0.508 e. The van der Waals surface area contributed by atoms with Gasteiger partial charge in [-0.3, -0.25) is 4.79 Å². The number of benzene rings is 2. The molecule has 0 aromatic heterocycles. The molecule has 3 heteroatoms. The number of esters is 1. The molecular weight excluding hydrogens is 264 g/mol. The van der Waals surface area contributed by atoms with Crippen LogP contribution in [0, 0.1) is 0 Å². The molecule has 0 saturated carbocycles. The Morgan fingerprint density at radius 2 is 1.62 bits per heavy atom. The van der Waals surface area contributed by atoms with Crippen molar-refractivity contribution >= 4 is 5.97 Å². The number of aromatic hydroxyl groups is 1. The monoisotopic (exact) mass is 284 g/mol. The van der Waals surface area contributed by atoms with Crippen LogP contribution >= 0.6 is 0 Å². The van der Waals surface area contributed by atoms with Crippen LogP contribution in [0.25, 0.3) is 0 Å². The van der Waals surface area contributed by atoms with Crippen molar-refractivity contribution in [2.24, 2.45) is 0 Å². The molecule has 0 bridgehead atoms. The Bertz CT molecular complexity index is 590. The van der Waals surface area contributed by atoms with E-state index in [1.807, 2.05) is 30.3 Å². The Hall–Kier alpha value is -2.29. The second-order valence-electron chi connectivity index (χ2n) is 5.32. The SMILES string of the molecule is COC(=O)CCC(C)(c1ccccc1)c1ccc(O)cc1. The third-order valence-electron chi connectivity index (χ3n) is 3.97. The van der Waals surface area contributed by atoms with E-state index in [1.165, 1.54) is 7.11 Å². The van der Waals surface area contributed by atoms with E-state index in [-0.39, 0.29) is 17.1 Å². The highest BCUT2D eigenvalue weighted by atomic mass is 16.5. The fourth-order valence-electron chi connectivity index (χ4n) is 2.54. The first-order valence-corrected chi connectivity index (χ1v) is 6.98. The third kappa shape index (κ3) is 3.43. The van der Waals surface area contributed by atoms with Gasteiger partial charge in [-0.25, -0.2) is 0 Å². The van der Waals surface area contributed by atoms with E-state index in [2.05, 4.69) is 19.1 Å². The molecule has 0 amide bonds. The van der Waals surface area contributed by atoms with Gasteiger partial charge in [0.15, 0.2) is 0 Å². The topological polar surface area (TPSA) is 46.5 Å². The molecule has 0 aliphatic heterocycles. The van der Waals surface area contributed by atoms with Crippen LogP contribution in [-0.2, 0) is 14.9 Å². The number of hydrogen-bond acceptors (Lipinski definition) is 3. The van der Waals surface area contributed by atoms with E-state index in [0.717, 1.165) is 11.1 Å². The van der Waals surface area contributed by atoms with Gasteiger partial charge in [-0.2, -0.15) is 0 Å². The fraction of sp³-hybridized carbons (Fsp3) is 0.278. The van der Waals surface area contributed by atoms with Crippen LogP contribution in [0.15, 0.2) is 54.6 Å². The van der Waals surface area contributed by atoms with Gasteiger partial charge in [0.25, 0.3) is 0 Å². The minimum atomic E-state index is -0.302. The molecule has 2 aromatic rings. The summed E-state index contributed by atoms with van der Waals surface area (Å²) in [7, 11) is 1.41. The number of carbonyl (C=O) groups excluding carboxylic acids is 1. The highest BCUT2D eigenvalue weighted by molar-refractivity contribution is 5.69. The number of carbonyl (C=O) groups is 1. The van der Waals surface area contributed by atoms with Crippen LogP contribution in [0.3, 0.4) is 0 Å². The van der Waals surface area contributed by atoms with Crippen molar-refractivity contribution in [1.82, 2.24) is 0 Å². The number of hydrogen-bond donors (Lipinski definition) is 1. The average Bonchev–Trinajstić information content (AvgIpc) is 2.53. The molecule has 0 heterocycles. The Morgan fingerprint density at radius 3 is 2.19 bits per heavy atom. The van der Waals surface area contributed by atoms with Gasteiger partial charge in [0.2, 0.25) is 0 Å². The fourth-order valence-corrected chi connectivity index (χ4v) is 2.54. The van der Waals surface area contributed by atoms with E-state index in [1.54, 1.807) is 12.1 Å². The molecule has 1 N–H and O–H groups in total. The Morgan fingerprint density at radius 1 is 1.05 bits per heavy atom. The summed E-state index contributed by atoms with van der Waals surface area (Å²) >= 11 is 0. The first kappa shape index (κ1) is 15.1. The summed E-state index contributed by atoms with van der Waals surface area (Å²) in [6.07, 6.45) is 0.997. The summed E-state index contributed by atoms with van der Waals surface area (Å²) < 4.78 is 4.76. The van der Waals surface area contributed by atoms with Gasteiger partial charge in [0.05, 0.1) is 7.11 Å². The molecule has 0 aliphatic rings. The largest absolute Gasteiger partial charge is 0.508 e. The molecule has 0 fully saturated rings. The maximum Gasteiger partial charge on any atom is 0.305 e. The van der Waals surface area contributed by atoms with Gasteiger partial charge in [-0.15, -0.1) is 0 Å². The van der Waals surface area contributed by atoms with Gasteiger partial charge in [-0.1, -0.05) is 49.4 Å². The zero-order chi connectivity index (χ0) is 15.3. The van der Waals surface area contributed by atoms with E-state index >= 15 is 0 Å². The number of rotatable bonds is 5. The van der Waals surface area contributed by atoms with Crippen molar-refractivity contribution < 1.29 is 14.6 Å². The predicted octanol–water partition coefficient (Wildman–Crippen LogP) is 3.65. The zero-order valence-corrected chi connectivity index (χ0v) is 12.4. The van der Waals surface area contributed by atoms with Crippen LogP contribution in [0.4, 0.5) is 0 Å². The normalized spacial score (nSPS) is 13.4. The Balaban J connectivity index is 2.38. The molecule has 2 rings (SSSR count). The summed E-state index contributed by atoms with van der Waals surface area (Å²) in [5.41, 5.74) is 1.90. The van der Waals surface area contributed by atoms with Crippen LogP contribution < -0.4 is 0 Å². The minimum absolute atomic E-state index is 0.212. The van der Waals surface area contributed by atoms with E-state index in [4.69, 9.17) is 4.74 Å². The standard InChI is InChI=1S/C18H20O3/c1-18(13-12-17(20)21-2,14-6-4-3-5-7-14)15-8-10-16(19)11-9-15/h3-11,19H,12-13H2,1-2H3. The number of phenolic OH excluding ortho intramolecular Hbond substituents is 1. The van der Waals surface area contributed by atoms with Crippen molar-refractivity contribution in [2.75, 3.05) is 7.11 Å². The molecule has 0 radical (unpaired) electrons. The van der Waals surface area contributed by atoms with Crippen molar-refractivity contribution in [1.29, 1.82) is 0 Å². The number of ether oxygens (including phenoxy) is 1. The van der Waals surface area contributed by atoms with Crippen molar-refractivity contribution in [3.8, 4) is 5.75 Å². The van der Waals surface area contributed by atoms with Crippen molar-refractivity contribution in [2.45, 2.75) is 25.2 Å². The maximum atomic E-state index is 11.5. The molecule has 21 heavy (non-hydrogen) atoms. The zero-order valence-electron chi connectivity index (χ0n) is 12.4. The number of methoxy groups -OCH3 is 1. The summed E-state index contributed by atoms with van der Waals surface area (Å²) in [6.45, 7) is 2.11. The van der Waals surface area contributed by atoms with E-state index in [0.29, 0.717) is 12.8 Å². The van der Waals surface area contributed by atoms with Crippen LogP contribution in [0.2, 0.25) is 0 Å². The highest BCUT2D eigenvalue weighted by Gasteiger charge is 2.29. The van der Waals surface area contributed by atoms with Crippen molar-refractivity contribution in [3.63, 3.8) is 0 Å². The molecule has 1 atom stereocenters. The van der Waals surface area contributed by atoms with Crippen LogP contribution in [0.5, 0.6) is 5.75 Å². The van der Waals surface area contributed by atoms with E-state index < -0.39 is 0 Å². The summed E-state index contributed by atoms with van der Waals surface area (Å²) in [5.74, 6) is 0.0260. The quantitative estimate of drug-likeness (QED) is 0.852. The van der Waals surface area contributed by atoms with Crippen molar-refractivity contribution in [3.05, 3.63) is 65.7 Å². The lowest BCUT2D eigenvalue weighted by Crippen LogP contribution is -2.25. The first-order valence-electron chi connectivity index (χ1n) is 6.98. The molecular formula is C18H20O3. The molecule has 3 nitrogen and oxygen atoms in total. The summed E-state index contributed by atoms with van der Waals surface area (Å²) in [6, 6.07) is 17.2. The molecule has 2 aromatic carbocycles. The lowest BCUT2D eigenvalue weighted by Gasteiger charge is -2.31. The molecule has 0 aliphatic carbocycles. The van der Waals surface area contributed by atoms with E-state index in [9.17, 15) is 9.90 Å². The van der Waals surface area contributed by atoms with Gasteiger partial charge in [0.1, 0.15) is 5.75 Å². The highest BCUT2D eigenvalue weighted by Crippen LogP contribution is 2.37. The number of phenols is 1. The second kappa shape index (κ2) is 6.44. The maximum absolute atomic E-state index is 11.5. The van der Waals surface area contributed by atoms with Crippen LogP contribution in [-0.4, -0.2) is 18.2 Å². The second-order valence-corrected chi connectivity index (χ2v) is 5.32. The van der Waals surface area contributed by atoms with Crippen LogP contribution in [0.1, 0.15) is 30.9 Å². The third-order valence-corrected chi connectivity index (χ3v) is 3.97. The first-order chi connectivity index (χ1) is 10.1. The lowest BCUT2D eigenvalue weighted by atomic mass is 9.73. The molecule has 0 saturated heterocycles.